The van der Waals surface area contributed by atoms with Crippen LogP contribution in [0, 0.1) is 5.82 Å². The quantitative estimate of drug-likeness (QED) is 0.396. The van der Waals surface area contributed by atoms with E-state index in [2.05, 4.69) is 25.7 Å². The Morgan fingerprint density at radius 3 is 2.58 bits per heavy atom. The maximum atomic E-state index is 14.6. The third kappa shape index (κ3) is 4.58. The molecule has 4 aromatic rings. The second-order valence-electron chi connectivity index (χ2n) is 8.65. The number of aromatic nitrogens is 4. The number of carbonyl (C=O) groups excluding carboxylic acids is 2. The highest BCUT2D eigenvalue weighted by Gasteiger charge is 2.23. The van der Waals surface area contributed by atoms with Crippen LogP contribution in [0.3, 0.4) is 0 Å². The molecule has 10 heteroatoms. The molecule has 0 spiro atoms. The van der Waals surface area contributed by atoms with Crippen molar-refractivity contribution in [1.82, 2.24) is 19.7 Å². The van der Waals surface area contributed by atoms with Crippen LogP contribution < -0.4 is 10.6 Å². The Hall–Kier alpha value is -3.72. The Balaban J connectivity index is 1.58. The Kier molecular flexibility index (Phi) is 5.67. The second kappa shape index (κ2) is 8.32. The van der Waals surface area contributed by atoms with Gasteiger partial charge in [-0.1, -0.05) is 32.4 Å². The monoisotopic (exact) mass is 468 g/mol. The summed E-state index contributed by atoms with van der Waals surface area (Å²) in [7, 11) is 1.64. The van der Waals surface area contributed by atoms with Crippen LogP contribution in [0.4, 0.5) is 15.8 Å². The van der Waals surface area contributed by atoms with E-state index in [0.29, 0.717) is 11.3 Å². The predicted octanol–water partition coefficient (Wildman–Crippen LogP) is 4.89. The van der Waals surface area contributed by atoms with Gasteiger partial charge in [0.25, 0.3) is 11.8 Å². The molecular weight excluding hydrogens is 447 g/mol. The first kappa shape index (κ1) is 22.5. The highest BCUT2D eigenvalue weighted by Crippen LogP contribution is 2.27. The van der Waals surface area contributed by atoms with Crippen molar-refractivity contribution in [3.8, 4) is 0 Å². The van der Waals surface area contributed by atoms with E-state index >= 15 is 0 Å². The number of hydrogen-bond acceptors (Lipinski definition) is 4. The van der Waals surface area contributed by atoms with E-state index in [-0.39, 0.29) is 27.4 Å². The number of H-pyrrole nitrogens is 1. The molecule has 8 nitrogen and oxygen atoms in total. The van der Waals surface area contributed by atoms with Crippen LogP contribution >= 0.6 is 11.6 Å². The highest BCUT2D eigenvalue weighted by molar-refractivity contribution is 6.34. The zero-order valence-electron chi connectivity index (χ0n) is 18.5. The molecule has 1 aromatic carbocycles. The summed E-state index contributed by atoms with van der Waals surface area (Å²) in [4.78, 5) is 32.8. The van der Waals surface area contributed by atoms with Gasteiger partial charge in [0, 0.05) is 24.0 Å². The smallest absolute Gasteiger partial charge is 0.274 e. The number of fused-ring (bicyclic) bond motifs is 1. The van der Waals surface area contributed by atoms with Crippen molar-refractivity contribution in [2.75, 3.05) is 10.6 Å². The van der Waals surface area contributed by atoms with Crippen molar-refractivity contribution in [2.24, 2.45) is 7.05 Å². The third-order valence-electron chi connectivity index (χ3n) is 5.09. The highest BCUT2D eigenvalue weighted by atomic mass is 35.5. The van der Waals surface area contributed by atoms with Crippen LogP contribution in [0.25, 0.3) is 11.0 Å². The van der Waals surface area contributed by atoms with Gasteiger partial charge < -0.3 is 15.6 Å². The molecule has 0 saturated heterocycles. The number of rotatable bonds is 4. The molecule has 3 aromatic heterocycles. The van der Waals surface area contributed by atoms with Gasteiger partial charge in [0.15, 0.2) is 0 Å². The van der Waals surface area contributed by atoms with Crippen LogP contribution in [0.15, 0.2) is 42.7 Å². The molecule has 0 saturated carbocycles. The van der Waals surface area contributed by atoms with Gasteiger partial charge in [0.2, 0.25) is 0 Å². The van der Waals surface area contributed by atoms with Gasteiger partial charge in [-0.2, -0.15) is 5.10 Å². The number of benzene rings is 1. The van der Waals surface area contributed by atoms with Crippen molar-refractivity contribution < 1.29 is 14.0 Å². The largest absolute Gasteiger partial charge is 0.346 e. The number of nitrogens with zero attached hydrogens (tertiary/aromatic N) is 3. The number of aryl methyl sites for hydroxylation is 1. The molecule has 3 N–H and O–H groups in total. The lowest BCUT2D eigenvalue weighted by Gasteiger charge is -2.13. The topological polar surface area (TPSA) is 105 Å². The van der Waals surface area contributed by atoms with Crippen LogP contribution in [0.5, 0.6) is 0 Å². The number of halogens is 2. The predicted molar refractivity (Wildman–Crippen MR) is 125 cm³/mol. The number of amides is 2. The molecule has 0 fully saturated rings. The molecule has 0 radical (unpaired) electrons. The lowest BCUT2D eigenvalue weighted by atomic mass is 9.92. The summed E-state index contributed by atoms with van der Waals surface area (Å²) in [5.74, 6) is -1.89. The van der Waals surface area contributed by atoms with E-state index < -0.39 is 17.6 Å². The number of aromatic amines is 1. The zero-order valence-corrected chi connectivity index (χ0v) is 19.2. The fraction of sp³-hybridized carbons (Fsp3) is 0.217. The van der Waals surface area contributed by atoms with Crippen molar-refractivity contribution in [3.63, 3.8) is 0 Å². The Bertz CT molecular complexity index is 1390. The number of hydrogen-bond donors (Lipinski definition) is 3. The molecule has 33 heavy (non-hydrogen) atoms. The van der Waals surface area contributed by atoms with Crippen LogP contribution in [-0.4, -0.2) is 31.6 Å². The van der Waals surface area contributed by atoms with Gasteiger partial charge >= 0.3 is 0 Å². The van der Waals surface area contributed by atoms with Crippen molar-refractivity contribution >= 4 is 45.8 Å². The summed E-state index contributed by atoms with van der Waals surface area (Å²) in [5.41, 5.74) is 1.68. The molecule has 4 rings (SSSR count). The van der Waals surface area contributed by atoms with E-state index in [4.69, 9.17) is 11.6 Å². The lowest BCUT2D eigenvalue weighted by molar-refractivity contribution is 0.101. The Labute approximate surface area is 194 Å². The molecule has 0 atom stereocenters. The van der Waals surface area contributed by atoms with E-state index in [9.17, 15) is 14.0 Å². The average molecular weight is 469 g/mol. The first-order valence-corrected chi connectivity index (χ1v) is 10.5. The summed E-state index contributed by atoms with van der Waals surface area (Å²) in [6.45, 7) is 5.93. The van der Waals surface area contributed by atoms with E-state index in [1.807, 2.05) is 26.8 Å². The normalized spacial score (nSPS) is 11.6. The molecule has 0 unspecified atom stereocenters. The number of carbonyl (C=O) groups is 2. The van der Waals surface area contributed by atoms with Gasteiger partial charge in [-0.3, -0.25) is 14.3 Å². The fourth-order valence-corrected chi connectivity index (χ4v) is 3.49. The van der Waals surface area contributed by atoms with Crippen molar-refractivity contribution in [2.45, 2.75) is 26.2 Å². The Morgan fingerprint density at radius 2 is 1.88 bits per heavy atom. The van der Waals surface area contributed by atoms with Crippen LogP contribution in [0.2, 0.25) is 5.02 Å². The van der Waals surface area contributed by atoms with Crippen molar-refractivity contribution in [3.05, 3.63) is 70.5 Å². The molecule has 0 aliphatic rings. The molecule has 170 valence electrons. The molecule has 2 amide bonds. The first-order chi connectivity index (χ1) is 15.5. The zero-order chi connectivity index (χ0) is 23.9. The maximum Gasteiger partial charge on any atom is 0.274 e. The van der Waals surface area contributed by atoms with Crippen molar-refractivity contribution in [1.29, 1.82) is 0 Å². The average Bonchev–Trinajstić information content (AvgIpc) is 3.35. The summed E-state index contributed by atoms with van der Waals surface area (Å²) in [5, 5.41) is 10.3. The van der Waals surface area contributed by atoms with E-state index in [1.54, 1.807) is 25.4 Å². The molecular formula is C23H22ClFN6O2. The minimum absolute atomic E-state index is 0.00270. The maximum absolute atomic E-state index is 14.6. The number of anilines is 2. The number of pyridine rings is 1. The summed E-state index contributed by atoms with van der Waals surface area (Å²) < 4.78 is 16.0. The molecule has 0 bridgehead atoms. The number of nitrogens with one attached hydrogen (secondary N) is 3. The second-order valence-corrected chi connectivity index (χ2v) is 9.06. The summed E-state index contributed by atoms with van der Waals surface area (Å²) >= 11 is 6.12. The van der Waals surface area contributed by atoms with E-state index in [1.165, 1.54) is 16.9 Å². The van der Waals surface area contributed by atoms with Gasteiger partial charge in [-0.05, 0) is 30.3 Å². The van der Waals surface area contributed by atoms with Gasteiger partial charge in [-0.15, -0.1) is 0 Å². The minimum atomic E-state index is -0.765. The lowest BCUT2D eigenvalue weighted by Crippen LogP contribution is -2.18. The molecule has 0 aliphatic carbocycles. The van der Waals surface area contributed by atoms with Gasteiger partial charge in [-0.25, -0.2) is 9.37 Å². The van der Waals surface area contributed by atoms with E-state index in [0.717, 1.165) is 17.1 Å². The summed E-state index contributed by atoms with van der Waals surface area (Å²) in [6, 6.07) is 7.41. The first-order valence-electron chi connectivity index (χ1n) is 10.1. The van der Waals surface area contributed by atoms with Crippen LogP contribution in [0.1, 0.15) is 47.3 Å². The minimum Gasteiger partial charge on any atom is -0.346 e. The molecule has 3 heterocycles. The SMILES string of the molecule is Cn1nc(C(C)(C)C)cc1C(=O)Nc1cc(C(=O)Nc2cnc3[nH]ccc3c2)c(Cl)cc1F. The van der Waals surface area contributed by atoms with Gasteiger partial charge in [0.1, 0.15) is 17.2 Å². The van der Waals surface area contributed by atoms with Crippen LogP contribution in [-0.2, 0) is 12.5 Å². The van der Waals surface area contributed by atoms with Gasteiger partial charge in [0.05, 0.1) is 33.9 Å². The standard InChI is InChI=1S/C23H22ClFN6O2/c1-23(2,3)19-10-18(31(4)30-19)22(33)29-17-8-14(15(24)9-16(17)25)21(32)28-13-7-12-5-6-26-20(12)27-11-13/h5-11H,1-4H3,(H,26,27)(H,28,32)(H,29,33). The fourth-order valence-electron chi connectivity index (χ4n) is 3.26. The Morgan fingerprint density at radius 1 is 1.12 bits per heavy atom. The molecule has 0 aliphatic heterocycles. The third-order valence-corrected chi connectivity index (χ3v) is 5.40. The summed E-state index contributed by atoms with van der Waals surface area (Å²) in [6.07, 6.45) is 3.23.